The van der Waals surface area contributed by atoms with Gasteiger partial charge >= 0.3 is 19.8 Å². The summed E-state index contributed by atoms with van der Waals surface area (Å²) in [4.78, 5) is 35.8. The molecule has 0 radical (unpaired) electrons. The second-order valence-electron chi connectivity index (χ2n) is 18.0. The van der Waals surface area contributed by atoms with Gasteiger partial charge < -0.3 is 39.9 Å². The van der Waals surface area contributed by atoms with Crippen molar-refractivity contribution < 1.29 is 63.1 Å². The average molecular weight is 945 g/mol. The number of aliphatic hydroxyl groups is 5. The minimum atomic E-state index is -5.12. The molecule has 8 atom stereocenters. The fourth-order valence-electron chi connectivity index (χ4n) is 7.78. The van der Waals surface area contributed by atoms with Gasteiger partial charge in [0.15, 0.2) is 6.10 Å². The molecule has 6 N–H and O–H groups in total. The number of hydrogen-bond donors (Lipinski definition) is 6. The van der Waals surface area contributed by atoms with E-state index in [1.54, 1.807) is 0 Å². The van der Waals surface area contributed by atoms with Crippen LogP contribution in [-0.4, -0.2) is 98.3 Å². The van der Waals surface area contributed by atoms with Gasteiger partial charge in [-0.3, -0.25) is 18.6 Å². The highest BCUT2D eigenvalue weighted by atomic mass is 31.2. The zero-order valence-corrected chi connectivity index (χ0v) is 41.4. The Labute approximate surface area is 393 Å². The lowest BCUT2D eigenvalue weighted by Gasteiger charge is -2.41. The largest absolute Gasteiger partial charge is 0.472 e. The molecule has 1 aliphatic carbocycles. The number of carbonyl (C=O) groups excluding carboxylic acids is 2. The molecule has 1 aliphatic rings. The van der Waals surface area contributed by atoms with Crippen LogP contribution in [-0.2, 0) is 32.7 Å². The third-order valence-electron chi connectivity index (χ3n) is 12.0. The number of rotatable bonds is 43. The second kappa shape index (κ2) is 41.1. The van der Waals surface area contributed by atoms with Gasteiger partial charge in [0.1, 0.15) is 43.2 Å². The van der Waals surface area contributed by atoms with Crippen LogP contribution >= 0.6 is 7.82 Å². The molecular formula is C51H93O13P. The zero-order chi connectivity index (χ0) is 47.8. The quantitative estimate of drug-likeness (QED) is 0.0146. The van der Waals surface area contributed by atoms with Crippen molar-refractivity contribution in [2.45, 2.75) is 262 Å². The molecular weight excluding hydrogens is 852 g/mol. The average Bonchev–Trinajstić information content (AvgIpc) is 3.29. The number of esters is 2. The molecule has 0 spiro atoms. The van der Waals surface area contributed by atoms with E-state index in [1.165, 1.54) is 96.3 Å². The summed E-state index contributed by atoms with van der Waals surface area (Å²) in [5.74, 6) is -1.10. The first kappa shape index (κ1) is 61.1. The highest BCUT2D eigenvalue weighted by molar-refractivity contribution is 7.47. The molecule has 0 aromatic carbocycles. The number of phosphoric acid groups is 1. The third-order valence-corrected chi connectivity index (χ3v) is 12.9. The van der Waals surface area contributed by atoms with Gasteiger partial charge in [-0.05, 0) is 70.6 Å². The fourth-order valence-corrected chi connectivity index (χ4v) is 8.76. The molecule has 1 fully saturated rings. The van der Waals surface area contributed by atoms with Gasteiger partial charge in [0.2, 0.25) is 0 Å². The maximum absolute atomic E-state index is 12.8. The lowest BCUT2D eigenvalue weighted by molar-refractivity contribution is -0.220. The lowest BCUT2D eigenvalue weighted by atomic mass is 9.85. The Morgan fingerprint density at radius 1 is 0.477 bits per heavy atom. The number of ether oxygens (including phenoxy) is 2. The van der Waals surface area contributed by atoms with Crippen LogP contribution in [0.1, 0.15) is 219 Å². The maximum atomic E-state index is 12.8. The fraction of sp³-hybridized carbons (Fsp3) is 0.843. The van der Waals surface area contributed by atoms with E-state index < -0.39 is 75.7 Å². The molecule has 6 unspecified atom stereocenters. The molecule has 0 aliphatic heterocycles. The summed E-state index contributed by atoms with van der Waals surface area (Å²) >= 11 is 0. The predicted octanol–water partition coefficient (Wildman–Crippen LogP) is 11.0. The summed E-state index contributed by atoms with van der Waals surface area (Å²) in [7, 11) is -5.12. The normalized spacial score (nSPS) is 21.7. The molecule has 0 aromatic rings. The van der Waals surface area contributed by atoms with Crippen molar-refractivity contribution in [2.24, 2.45) is 0 Å². The van der Waals surface area contributed by atoms with Crippen LogP contribution in [0, 0.1) is 0 Å². The third kappa shape index (κ3) is 33.3. The highest BCUT2D eigenvalue weighted by Crippen LogP contribution is 2.47. The Balaban J connectivity index is 2.40. The van der Waals surface area contributed by atoms with Crippen molar-refractivity contribution in [3.8, 4) is 0 Å². The van der Waals surface area contributed by atoms with Gasteiger partial charge in [-0.1, -0.05) is 172 Å². The number of hydrogen-bond acceptors (Lipinski definition) is 12. The van der Waals surface area contributed by atoms with E-state index in [9.17, 15) is 44.6 Å². The van der Waals surface area contributed by atoms with Crippen molar-refractivity contribution in [3.05, 3.63) is 36.5 Å². The molecule has 1 rings (SSSR count). The Bertz CT molecular complexity index is 1280. The van der Waals surface area contributed by atoms with Gasteiger partial charge in [-0.25, -0.2) is 4.57 Å². The van der Waals surface area contributed by atoms with Gasteiger partial charge in [0, 0.05) is 12.8 Å². The number of carbonyl (C=O) groups is 2. The van der Waals surface area contributed by atoms with Crippen molar-refractivity contribution >= 4 is 19.8 Å². The molecule has 380 valence electrons. The molecule has 0 saturated heterocycles. The maximum Gasteiger partial charge on any atom is 0.472 e. The lowest BCUT2D eigenvalue weighted by Crippen LogP contribution is -2.64. The van der Waals surface area contributed by atoms with E-state index in [0.29, 0.717) is 12.8 Å². The number of phosphoric ester groups is 1. The first-order chi connectivity index (χ1) is 31.4. The SMILES string of the molecule is CCCCC/C=C/C/C=C/CCCCCCCCCC(=O)O[C@@H](COC(=O)CCCCCCCCCCC/C=C/CCCCCCCC)COP(=O)(O)OC1C(O)C(O)C(O)[C@H](O)C1O. The van der Waals surface area contributed by atoms with Crippen molar-refractivity contribution in [2.75, 3.05) is 13.2 Å². The molecule has 0 amide bonds. The highest BCUT2D eigenvalue weighted by Gasteiger charge is 2.51. The Morgan fingerprint density at radius 3 is 1.29 bits per heavy atom. The van der Waals surface area contributed by atoms with E-state index in [1.807, 2.05) is 0 Å². The number of allylic oxidation sites excluding steroid dienone is 6. The van der Waals surface area contributed by atoms with Crippen LogP contribution in [0.2, 0.25) is 0 Å². The molecule has 14 heteroatoms. The van der Waals surface area contributed by atoms with E-state index in [4.69, 9.17) is 18.5 Å². The van der Waals surface area contributed by atoms with Gasteiger partial charge in [-0.2, -0.15) is 0 Å². The summed E-state index contributed by atoms with van der Waals surface area (Å²) in [6.45, 7) is 3.29. The molecule has 0 aromatic heterocycles. The van der Waals surface area contributed by atoms with E-state index >= 15 is 0 Å². The van der Waals surface area contributed by atoms with Crippen LogP contribution in [0.4, 0.5) is 0 Å². The molecule has 0 heterocycles. The van der Waals surface area contributed by atoms with E-state index in [2.05, 4.69) is 50.3 Å². The van der Waals surface area contributed by atoms with Crippen molar-refractivity contribution in [1.82, 2.24) is 0 Å². The first-order valence-corrected chi connectivity index (χ1v) is 27.3. The van der Waals surface area contributed by atoms with E-state index in [0.717, 1.165) is 83.5 Å². The van der Waals surface area contributed by atoms with Crippen LogP contribution < -0.4 is 0 Å². The summed E-state index contributed by atoms with van der Waals surface area (Å²) < 4.78 is 33.6. The van der Waals surface area contributed by atoms with Gasteiger partial charge in [0.25, 0.3) is 0 Å². The van der Waals surface area contributed by atoms with Crippen LogP contribution in [0.5, 0.6) is 0 Å². The second-order valence-corrected chi connectivity index (χ2v) is 19.4. The van der Waals surface area contributed by atoms with Crippen LogP contribution in [0.15, 0.2) is 36.5 Å². The van der Waals surface area contributed by atoms with Crippen LogP contribution in [0.3, 0.4) is 0 Å². The summed E-state index contributed by atoms with van der Waals surface area (Å²) in [5.41, 5.74) is 0. The topological polar surface area (TPSA) is 210 Å². The first-order valence-electron chi connectivity index (χ1n) is 25.8. The summed E-state index contributed by atoms with van der Waals surface area (Å²) in [6.07, 6.45) is 34.7. The summed E-state index contributed by atoms with van der Waals surface area (Å²) in [6, 6.07) is 0. The number of aliphatic hydroxyl groups excluding tert-OH is 5. The molecule has 65 heavy (non-hydrogen) atoms. The monoisotopic (exact) mass is 945 g/mol. The predicted molar refractivity (Wildman–Crippen MR) is 258 cm³/mol. The summed E-state index contributed by atoms with van der Waals surface area (Å²) in [5, 5.41) is 50.3. The minimum absolute atomic E-state index is 0.0881. The Morgan fingerprint density at radius 2 is 0.831 bits per heavy atom. The molecule has 0 bridgehead atoms. The Kier molecular flexibility index (Phi) is 38.6. The number of unbranched alkanes of at least 4 members (excludes halogenated alkanes) is 25. The molecule has 13 nitrogen and oxygen atoms in total. The van der Waals surface area contributed by atoms with Gasteiger partial charge in [0.05, 0.1) is 6.61 Å². The van der Waals surface area contributed by atoms with E-state index in [-0.39, 0.29) is 12.8 Å². The van der Waals surface area contributed by atoms with Crippen LogP contribution in [0.25, 0.3) is 0 Å². The van der Waals surface area contributed by atoms with Crippen molar-refractivity contribution in [1.29, 1.82) is 0 Å². The molecule has 1 saturated carbocycles. The standard InChI is InChI=1S/C51H93O13P/c1-3-5-7-9-11-13-15-17-19-21-22-24-25-27-29-31-33-35-37-39-44(52)61-41-43(42-62-65(59,60)64-51-49(57)47(55)46(54)48(56)50(51)58)63-45(53)40-38-36-34-32-30-28-26-23-20-18-16-14-12-10-8-6-4-2/h12,14,17-20,43,46-51,54-58H,3-11,13,15-16,21-42H2,1-2H3,(H,59,60)/b14-12+,19-17+,20-18+/t43-,46?,47-,48?,49?,50?,51?/m0/s1. The van der Waals surface area contributed by atoms with Gasteiger partial charge in [-0.15, -0.1) is 0 Å². The zero-order valence-electron chi connectivity index (χ0n) is 40.5. The van der Waals surface area contributed by atoms with Crippen molar-refractivity contribution in [3.63, 3.8) is 0 Å². The Hall–Kier alpha value is -1.93. The smallest absolute Gasteiger partial charge is 0.462 e. The minimum Gasteiger partial charge on any atom is -0.462 e.